The molecular weight excluding hydrogens is 518 g/mol. The summed E-state index contributed by atoms with van der Waals surface area (Å²) < 4.78 is 0. The van der Waals surface area contributed by atoms with Crippen LogP contribution < -0.4 is 0 Å². The monoisotopic (exact) mass is 553 g/mol. The van der Waals surface area contributed by atoms with Crippen LogP contribution in [0.15, 0.2) is 175 Å². The Labute approximate surface area is 255 Å². The molecule has 5 aromatic rings. The molecular formula is C42H35N. The van der Waals surface area contributed by atoms with E-state index in [0.29, 0.717) is 0 Å². The van der Waals surface area contributed by atoms with E-state index in [4.69, 9.17) is 4.98 Å². The van der Waals surface area contributed by atoms with E-state index in [2.05, 4.69) is 159 Å². The highest BCUT2D eigenvalue weighted by atomic mass is 14.7. The Morgan fingerprint density at radius 2 is 1.19 bits per heavy atom. The maximum absolute atomic E-state index is 5.05. The van der Waals surface area contributed by atoms with Gasteiger partial charge in [-0.2, -0.15) is 0 Å². The second-order valence-electron chi connectivity index (χ2n) is 10.9. The zero-order valence-corrected chi connectivity index (χ0v) is 24.6. The molecule has 0 unspecified atom stereocenters. The van der Waals surface area contributed by atoms with E-state index in [1.165, 1.54) is 16.7 Å². The van der Waals surface area contributed by atoms with Gasteiger partial charge in [-0.1, -0.05) is 146 Å². The van der Waals surface area contributed by atoms with Crippen molar-refractivity contribution in [1.29, 1.82) is 0 Å². The van der Waals surface area contributed by atoms with Gasteiger partial charge in [0.25, 0.3) is 0 Å². The van der Waals surface area contributed by atoms with Gasteiger partial charge in [0.15, 0.2) is 0 Å². The van der Waals surface area contributed by atoms with Crippen molar-refractivity contribution in [2.45, 2.75) is 19.8 Å². The van der Waals surface area contributed by atoms with Crippen molar-refractivity contribution >= 4 is 11.1 Å². The van der Waals surface area contributed by atoms with Crippen molar-refractivity contribution < 1.29 is 0 Å². The number of aromatic nitrogens is 1. The van der Waals surface area contributed by atoms with E-state index < -0.39 is 0 Å². The molecule has 0 radical (unpaired) electrons. The van der Waals surface area contributed by atoms with Crippen molar-refractivity contribution in [3.63, 3.8) is 0 Å². The number of nitrogens with zero attached hydrogens (tertiary/aromatic N) is 1. The summed E-state index contributed by atoms with van der Waals surface area (Å²) in [5.74, 6) is 0. The summed E-state index contributed by atoms with van der Waals surface area (Å²) in [5, 5.41) is 0. The van der Waals surface area contributed by atoms with Crippen LogP contribution in [-0.2, 0) is 0 Å². The maximum atomic E-state index is 5.05. The molecule has 0 atom stereocenters. The van der Waals surface area contributed by atoms with Gasteiger partial charge >= 0.3 is 0 Å². The molecule has 43 heavy (non-hydrogen) atoms. The van der Waals surface area contributed by atoms with E-state index >= 15 is 0 Å². The van der Waals surface area contributed by atoms with Crippen LogP contribution in [0.2, 0.25) is 0 Å². The fourth-order valence-electron chi connectivity index (χ4n) is 5.41. The minimum atomic E-state index is 0.966. The predicted octanol–water partition coefficient (Wildman–Crippen LogP) is 11.4. The third-order valence-electron chi connectivity index (χ3n) is 7.81. The molecule has 4 aromatic carbocycles. The first kappa shape index (κ1) is 27.9. The minimum Gasteiger partial charge on any atom is -0.248 e. The molecule has 0 bridgehead atoms. The lowest BCUT2D eigenvalue weighted by Gasteiger charge is -2.13. The average Bonchev–Trinajstić information content (AvgIpc) is 3.09. The quantitative estimate of drug-likeness (QED) is 0.174. The lowest BCUT2D eigenvalue weighted by molar-refractivity contribution is 1.02. The molecule has 0 spiro atoms. The summed E-state index contributed by atoms with van der Waals surface area (Å²) in [4.78, 5) is 5.05. The number of allylic oxidation sites excluding steroid dienone is 9. The van der Waals surface area contributed by atoms with E-state index in [1.54, 1.807) is 0 Å². The summed E-state index contributed by atoms with van der Waals surface area (Å²) in [6, 6.07) is 44.6. The zero-order valence-electron chi connectivity index (χ0n) is 24.6. The highest BCUT2D eigenvalue weighted by Gasteiger charge is 2.11. The first-order valence-corrected chi connectivity index (χ1v) is 14.9. The van der Waals surface area contributed by atoms with E-state index in [1.807, 2.05) is 12.1 Å². The van der Waals surface area contributed by atoms with E-state index in [9.17, 15) is 0 Å². The van der Waals surface area contributed by atoms with Crippen molar-refractivity contribution in [3.8, 4) is 33.6 Å². The highest BCUT2D eigenvalue weighted by molar-refractivity contribution is 5.86. The van der Waals surface area contributed by atoms with Crippen molar-refractivity contribution in [3.05, 3.63) is 187 Å². The zero-order chi connectivity index (χ0) is 29.4. The van der Waals surface area contributed by atoms with Crippen LogP contribution >= 0.6 is 0 Å². The molecule has 1 heteroatoms. The third kappa shape index (κ3) is 6.80. The third-order valence-corrected chi connectivity index (χ3v) is 7.81. The summed E-state index contributed by atoms with van der Waals surface area (Å²) >= 11 is 0. The van der Waals surface area contributed by atoms with Crippen LogP contribution in [0.5, 0.6) is 0 Å². The standard InChI is InChI=1S/C42H35N/c1-31(33-15-7-3-8-16-33)27-39(28-32(2)34-17-9-4-10-18-34)35-23-25-36(26-24-35)40-29-41(37-19-11-5-12-20-37)43-42(30-40)38-21-13-6-14-22-38/h4-7,9-30H,1,3,8H2,2H3/b32-28+,39-27+. The molecule has 1 aromatic heterocycles. The lowest BCUT2D eigenvalue weighted by atomic mass is 9.93. The van der Waals surface area contributed by atoms with Gasteiger partial charge in [-0.25, -0.2) is 4.98 Å². The molecule has 0 saturated carbocycles. The first-order chi connectivity index (χ1) is 21.1. The van der Waals surface area contributed by atoms with Gasteiger partial charge < -0.3 is 0 Å². The van der Waals surface area contributed by atoms with Crippen molar-refractivity contribution in [2.75, 3.05) is 0 Å². The molecule has 0 N–H and O–H groups in total. The molecule has 0 fully saturated rings. The Morgan fingerprint density at radius 3 is 1.74 bits per heavy atom. The number of hydrogen-bond donors (Lipinski definition) is 0. The number of rotatable bonds is 8. The number of benzene rings is 4. The summed E-state index contributed by atoms with van der Waals surface area (Å²) in [6.07, 6.45) is 13.3. The molecule has 208 valence electrons. The van der Waals surface area contributed by atoms with E-state index in [0.717, 1.165) is 63.2 Å². The molecule has 0 saturated heterocycles. The Balaban J connectivity index is 1.40. The van der Waals surface area contributed by atoms with Gasteiger partial charge in [0, 0.05) is 11.1 Å². The Morgan fingerprint density at radius 1 is 0.605 bits per heavy atom. The average molecular weight is 554 g/mol. The highest BCUT2D eigenvalue weighted by Crippen LogP contribution is 2.32. The van der Waals surface area contributed by atoms with Crippen molar-refractivity contribution in [2.24, 2.45) is 0 Å². The molecule has 0 amide bonds. The fourth-order valence-corrected chi connectivity index (χ4v) is 5.41. The van der Waals surface area contributed by atoms with E-state index in [-0.39, 0.29) is 0 Å². The maximum Gasteiger partial charge on any atom is 0.0715 e. The summed E-state index contributed by atoms with van der Waals surface area (Å²) in [5.41, 5.74) is 13.4. The Kier molecular flexibility index (Phi) is 8.52. The second-order valence-corrected chi connectivity index (χ2v) is 10.9. The number of pyridine rings is 1. The topological polar surface area (TPSA) is 12.9 Å². The van der Waals surface area contributed by atoms with Crippen LogP contribution in [0.4, 0.5) is 0 Å². The normalized spacial score (nSPS) is 13.5. The Bertz CT molecular complexity index is 1780. The summed E-state index contributed by atoms with van der Waals surface area (Å²) in [6.45, 7) is 6.61. The van der Waals surface area contributed by atoms with Gasteiger partial charge in [-0.15, -0.1) is 0 Å². The van der Waals surface area contributed by atoms with Crippen LogP contribution in [0.1, 0.15) is 30.9 Å². The molecule has 1 nitrogen and oxygen atoms in total. The van der Waals surface area contributed by atoms with Crippen LogP contribution in [0.25, 0.3) is 44.8 Å². The molecule has 1 aliphatic carbocycles. The summed E-state index contributed by atoms with van der Waals surface area (Å²) in [7, 11) is 0. The second kappa shape index (κ2) is 13.1. The lowest BCUT2D eigenvalue weighted by Crippen LogP contribution is -1.92. The Hall–Kier alpha value is -5.27. The SMILES string of the molecule is C=C(/C=C(\C=C(/C)c1ccccc1)c1ccc(-c2cc(-c3ccccc3)nc(-c3ccccc3)c2)cc1)C1=CCCC=C1. The largest absolute Gasteiger partial charge is 0.248 e. The van der Waals surface area contributed by atoms with Gasteiger partial charge in [-0.05, 0) is 82.5 Å². The van der Waals surface area contributed by atoms with Gasteiger partial charge in [-0.3, -0.25) is 0 Å². The minimum absolute atomic E-state index is 0.966. The fraction of sp³-hybridized carbons (Fsp3) is 0.0714. The predicted molar refractivity (Wildman–Crippen MR) is 184 cm³/mol. The van der Waals surface area contributed by atoms with Crippen LogP contribution in [0, 0.1) is 0 Å². The molecule has 0 aliphatic heterocycles. The first-order valence-electron chi connectivity index (χ1n) is 14.9. The smallest absolute Gasteiger partial charge is 0.0715 e. The molecule has 6 rings (SSSR count). The van der Waals surface area contributed by atoms with Crippen LogP contribution in [-0.4, -0.2) is 4.98 Å². The molecule has 1 aliphatic rings. The van der Waals surface area contributed by atoms with Crippen LogP contribution in [0.3, 0.4) is 0 Å². The number of hydrogen-bond acceptors (Lipinski definition) is 1. The van der Waals surface area contributed by atoms with Crippen molar-refractivity contribution in [1.82, 2.24) is 4.98 Å². The van der Waals surface area contributed by atoms with Gasteiger partial charge in [0.05, 0.1) is 11.4 Å². The van der Waals surface area contributed by atoms with Gasteiger partial charge in [0.2, 0.25) is 0 Å². The van der Waals surface area contributed by atoms with Gasteiger partial charge in [0.1, 0.15) is 0 Å². The molecule has 1 heterocycles.